The molecule has 0 radical (unpaired) electrons. The van der Waals surface area contributed by atoms with Crippen LogP contribution in [-0.2, 0) is 4.74 Å². The second kappa shape index (κ2) is 7.10. The second-order valence-electron chi connectivity index (χ2n) is 5.35. The number of likely N-dealkylation sites (N-methyl/N-ethyl adjacent to an activating group) is 1. The van der Waals surface area contributed by atoms with Crippen molar-refractivity contribution in [3.8, 4) is 12.3 Å². The molecule has 1 heterocycles. The average Bonchev–Trinajstić information content (AvgIpc) is 2.37. The average molecular weight is 254 g/mol. The number of aliphatic hydroxyl groups is 1. The van der Waals surface area contributed by atoms with E-state index < -0.39 is 11.7 Å². The van der Waals surface area contributed by atoms with Crippen LogP contribution in [0.4, 0.5) is 0 Å². The minimum absolute atomic E-state index is 0.297. The maximum Gasteiger partial charge on any atom is 0.122 e. The fourth-order valence-corrected chi connectivity index (χ4v) is 1.99. The number of hydrogen-bond acceptors (Lipinski definition) is 4. The third-order valence-electron chi connectivity index (χ3n) is 3.37. The molecule has 0 spiro atoms. The lowest BCUT2D eigenvalue weighted by Crippen LogP contribution is -2.49. The van der Waals surface area contributed by atoms with E-state index in [1.165, 1.54) is 0 Å². The summed E-state index contributed by atoms with van der Waals surface area (Å²) in [6.07, 6.45) is 4.87. The van der Waals surface area contributed by atoms with Crippen molar-refractivity contribution in [2.75, 3.05) is 45.9 Å². The van der Waals surface area contributed by atoms with Gasteiger partial charge in [0.05, 0.1) is 12.7 Å². The number of piperazine rings is 1. The summed E-state index contributed by atoms with van der Waals surface area (Å²) < 4.78 is 5.50. The molecule has 4 nitrogen and oxygen atoms in total. The quantitative estimate of drug-likeness (QED) is 0.697. The summed E-state index contributed by atoms with van der Waals surface area (Å²) in [6, 6.07) is 0. The van der Waals surface area contributed by atoms with Gasteiger partial charge in [0.25, 0.3) is 0 Å². The van der Waals surface area contributed by atoms with Crippen molar-refractivity contribution in [3.63, 3.8) is 0 Å². The lowest BCUT2D eigenvalue weighted by molar-refractivity contribution is -0.0407. The molecule has 0 bridgehead atoms. The molecule has 1 rings (SSSR count). The molecule has 4 heteroatoms. The summed E-state index contributed by atoms with van der Waals surface area (Å²) in [4.78, 5) is 4.70. The molecule has 1 atom stereocenters. The maximum atomic E-state index is 9.93. The number of ether oxygens (including phenoxy) is 1. The van der Waals surface area contributed by atoms with Crippen LogP contribution in [0.5, 0.6) is 0 Å². The Morgan fingerprint density at radius 2 is 1.83 bits per heavy atom. The molecule has 104 valence electrons. The first kappa shape index (κ1) is 15.5. The van der Waals surface area contributed by atoms with Gasteiger partial charge in [-0.15, -0.1) is 6.42 Å². The fraction of sp³-hybridized carbons (Fsp3) is 0.857. The number of terminal acetylenes is 1. The van der Waals surface area contributed by atoms with Crippen molar-refractivity contribution in [1.82, 2.24) is 9.80 Å². The van der Waals surface area contributed by atoms with Crippen molar-refractivity contribution >= 4 is 0 Å². The molecular weight excluding hydrogens is 228 g/mol. The van der Waals surface area contributed by atoms with Gasteiger partial charge in [0, 0.05) is 32.7 Å². The van der Waals surface area contributed by atoms with E-state index in [-0.39, 0.29) is 0 Å². The van der Waals surface area contributed by atoms with E-state index in [1.54, 1.807) is 0 Å². The van der Waals surface area contributed by atoms with E-state index in [0.29, 0.717) is 13.2 Å². The molecule has 1 unspecified atom stereocenters. The topological polar surface area (TPSA) is 35.9 Å². The number of aliphatic hydroxyl groups excluding tert-OH is 1. The van der Waals surface area contributed by atoms with Gasteiger partial charge in [0.15, 0.2) is 0 Å². The maximum absolute atomic E-state index is 9.93. The van der Waals surface area contributed by atoms with Crippen LogP contribution in [-0.4, -0.2) is 72.5 Å². The summed E-state index contributed by atoms with van der Waals surface area (Å²) in [5, 5.41) is 9.93. The zero-order valence-electron chi connectivity index (χ0n) is 11.9. The monoisotopic (exact) mass is 254 g/mol. The molecule has 0 aromatic heterocycles. The lowest BCUT2D eigenvalue weighted by atomic mass is 10.1. The molecule has 1 saturated heterocycles. The number of β-amino-alcohol motifs (C(OH)–C–C–N with tert-alkyl or cyclic N) is 1. The van der Waals surface area contributed by atoms with Gasteiger partial charge < -0.3 is 14.7 Å². The Morgan fingerprint density at radius 3 is 2.33 bits per heavy atom. The molecule has 18 heavy (non-hydrogen) atoms. The first-order valence-corrected chi connectivity index (χ1v) is 6.71. The molecule has 0 saturated carbocycles. The SMILES string of the molecule is C#CC(C)(C)OCC(O)CN1CCN(CC)CC1. The molecule has 0 aromatic rings. The zero-order valence-corrected chi connectivity index (χ0v) is 11.9. The normalized spacial score (nSPS) is 20.6. The van der Waals surface area contributed by atoms with E-state index in [9.17, 15) is 5.11 Å². The predicted octanol–water partition coefficient (Wildman–Crippen LogP) is 0.413. The molecule has 1 aliphatic heterocycles. The Morgan fingerprint density at radius 1 is 1.28 bits per heavy atom. The standard InChI is InChI=1S/C14H26N2O2/c1-5-14(3,4)18-12-13(17)11-16-9-7-15(6-2)8-10-16/h1,13,17H,6-12H2,2-4H3. The Hall–Kier alpha value is -0.600. The summed E-state index contributed by atoms with van der Waals surface area (Å²) in [6.45, 7) is 12.1. The number of rotatable bonds is 6. The molecule has 0 amide bonds. The second-order valence-corrected chi connectivity index (χ2v) is 5.35. The van der Waals surface area contributed by atoms with Crippen molar-refractivity contribution in [2.45, 2.75) is 32.5 Å². The Bertz CT molecular complexity index is 278. The summed E-state index contributed by atoms with van der Waals surface area (Å²) in [7, 11) is 0. The van der Waals surface area contributed by atoms with Crippen LogP contribution < -0.4 is 0 Å². The first-order valence-electron chi connectivity index (χ1n) is 6.71. The van der Waals surface area contributed by atoms with Crippen LogP contribution >= 0.6 is 0 Å². The highest BCUT2D eigenvalue weighted by atomic mass is 16.5. The van der Waals surface area contributed by atoms with Gasteiger partial charge in [-0.05, 0) is 20.4 Å². The minimum atomic E-state index is -0.595. The highest BCUT2D eigenvalue weighted by Crippen LogP contribution is 2.08. The largest absolute Gasteiger partial charge is 0.389 e. The third kappa shape index (κ3) is 5.36. The van der Waals surface area contributed by atoms with Gasteiger partial charge in [-0.3, -0.25) is 4.90 Å². The Labute approximate surface area is 111 Å². The van der Waals surface area contributed by atoms with Gasteiger partial charge >= 0.3 is 0 Å². The van der Waals surface area contributed by atoms with E-state index in [2.05, 4.69) is 22.6 Å². The Balaban J connectivity index is 2.21. The van der Waals surface area contributed by atoms with Gasteiger partial charge in [-0.1, -0.05) is 12.8 Å². The van der Waals surface area contributed by atoms with Crippen molar-refractivity contribution < 1.29 is 9.84 Å². The van der Waals surface area contributed by atoms with Crippen molar-refractivity contribution in [1.29, 1.82) is 0 Å². The smallest absolute Gasteiger partial charge is 0.122 e. The summed E-state index contributed by atoms with van der Waals surface area (Å²) in [5.74, 6) is 2.56. The van der Waals surface area contributed by atoms with Crippen LogP contribution in [0.2, 0.25) is 0 Å². The van der Waals surface area contributed by atoms with Crippen LogP contribution in [0.25, 0.3) is 0 Å². The van der Waals surface area contributed by atoms with Crippen LogP contribution in [0.15, 0.2) is 0 Å². The van der Waals surface area contributed by atoms with Gasteiger partial charge in [0.2, 0.25) is 0 Å². The van der Waals surface area contributed by atoms with E-state index in [4.69, 9.17) is 11.2 Å². The Kier molecular flexibility index (Phi) is 6.10. The third-order valence-corrected chi connectivity index (χ3v) is 3.37. The van der Waals surface area contributed by atoms with E-state index in [1.807, 2.05) is 13.8 Å². The first-order chi connectivity index (χ1) is 8.46. The van der Waals surface area contributed by atoms with Crippen LogP contribution in [0.3, 0.4) is 0 Å². The molecular formula is C14H26N2O2. The summed E-state index contributed by atoms with van der Waals surface area (Å²) >= 11 is 0. The zero-order chi connectivity index (χ0) is 13.6. The molecule has 0 aromatic carbocycles. The fourth-order valence-electron chi connectivity index (χ4n) is 1.99. The van der Waals surface area contributed by atoms with Crippen LogP contribution in [0.1, 0.15) is 20.8 Å². The van der Waals surface area contributed by atoms with Crippen molar-refractivity contribution in [3.05, 3.63) is 0 Å². The van der Waals surface area contributed by atoms with E-state index >= 15 is 0 Å². The van der Waals surface area contributed by atoms with Crippen LogP contribution in [0, 0.1) is 12.3 Å². The number of nitrogens with zero attached hydrogens (tertiary/aromatic N) is 2. The molecule has 0 aliphatic carbocycles. The highest BCUT2D eigenvalue weighted by molar-refractivity contribution is 5.02. The summed E-state index contributed by atoms with van der Waals surface area (Å²) in [5.41, 5.74) is -0.595. The predicted molar refractivity (Wildman–Crippen MR) is 73.4 cm³/mol. The minimum Gasteiger partial charge on any atom is -0.389 e. The van der Waals surface area contributed by atoms with Crippen molar-refractivity contribution in [2.24, 2.45) is 0 Å². The van der Waals surface area contributed by atoms with Gasteiger partial charge in [-0.2, -0.15) is 0 Å². The molecule has 1 fully saturated rings. The lowest BCUT2D eigenvalue weighted by Gasteiger charge is -2.35. The van der Waals surface area contributed by atoms with Gasteiger partial charge in [0.1, 0.15) is 5.60 Å². The molecule has 1 N–H and O–H groups in total. The highest BCUT2D eigenvalue weighted by Gasteiger charge is 2.20. The molecule has 1 aliphatic rings. The van der Waals surface area contributed by atoms with E-state index in [0.717, 1.165) is 32.7 Å². The van der Waals surface area contributed by atoms with Gasteiger partial charge in [-0.25, -0.2) is 0 Å². The number of hydrogen-bond donors (Lipinski definition) is 1.